The van der Waals surface area contributed by atoms with Crippen LogP contribution in [0.5, 0.6) is 0 Å². The van der Waals surface area contributed by atoms with Crippen LogP contribution in [0.3, 0.4) is 0 Å². The normalized spacial score (nSPS) is 9.83. The average Bonchev–Trinajstić information content (AvgIpc) is 2.34. The van der Waals surface area contributed by atoms with E-state index in [2.05, 4.69) is 5.32 Å². The number of benzene rings is 2. The largest absolute Gasteiger partial charge is 0.399 e. The van der Waals surface area contributed by atoms with E-state index < -0.39 is 11.6 Å². The van der Waals surface area contributed by atoms with Gasteiger partial charge in [0.2, 0.25) is 0 Å². The predicted octanol–water partition coefficient (Wildman–Crippen LogP) is 3.16. The van der Waals surface area contributed by atoms with E-state index in [0.29, 0.717) is 16.9 Å². The smallest absolute Gasteiger partial charge is 0.149 e. The minimum atomic E-state index is -0.726. The maximum Gasteiger partial charge on any atom is 0.149 e. The van der Waals surface area contributed by atoms with Gasteiger partial charge in [-0.25, -0.2) is 8.78 Å². The highest BCUT2D eigenvalue weighted by Crippen LogP contribution is 2.24. The molecule has 0 aliphatic heterocycles. The van der Waals surface area contributed by atoms with Crippen molar-refractivity contribution >= 4 is 17.1 Å². The summed E-state index contributed by atoms with van der Waals surface area (Å²) in [5.41, 5.74) is 6.78. The van der Waals surface area contributed by atoms with Crippen molar-refractivity contribution in [1.82, 2.24) is 0 Å². The van der Waals surface area contributed by atoms with E-state index in [0.717, 1.165) is 12.1 Å². The highest BCUT2D eigenvalue weighted by Gasteiger charge is 2.07. The van der Waals surface area contributed by atoms with Crippen LogP contribution in [-0.2, 0) is 0 Å². The molecule has 90 valence electrons. The van der Waals surface area contributed by atoms with Gasteiger partial charge in [-0.15, -0.1) is 0 Å². The molecule has 0 amide bonds. The molecule has 0 spiro atoms. The number of nitrogens with two attached hydrogens (primary N) is 1. The van der Waals surface area contributed by atoms with Gasteiger partial charge in [-0.05, 0) is 30.3 Å². The van der Waals surface area contributed by atoms with Crippen LogP contribution in [-0.4, -0.2) is 0 Å². The third kappa shape index (κ3) is 2.38. The lowest BCUT2D eigenvalue weighted by atomic mass is 10.1. The van der Waals surface area contributed by atoms with E-state index in [-0.39, 0.29) is 5.69 Å². The minimum absolute atomic E-state index is 0.0951. The Bertz CT molecular complexity index is 633. The van der Waals surface area contributed by atoms with Crippen LogP contribution >= 0.6 is 0 Å². The van der Waals surface area contributed by atoms with Crippen molar-refractivity contribution in [2.75, 3.05) is 11.1 Å². The zero-order chi connectivity index (χ0) is 13.1. The van der Waals surface area contributed by atoms with E-state index in [1.165, 1.54) is 12.1 Å². The Morgan fingerprint density at radius 1 is 1.06 bits per heavy atom. The minimum Gasteiger partial charge on any atom is -0.399 e. The monoisotopic (exact) mass is 245 g/mol. The first kappa shape index (κ1) is 11.9. The van der Waals surface area contributed by atoms with E-state index in [4.69, 9.17) is 11.0 Å². The molecule has 2 rings (SSSR count). The van der Waals surface area contributed by atoms with Crippen LogP contribution < -0.4 is 11.1 Å². The maximum absolute atomic E-state index is 13.4. The number of anilines is 3. The summed E-state index contributed by atoms with van der Waals surface area (Å²) >= 11 is 0. The Morgan fingerprint density at radius 3 is 2.44 bits per heavy atom. The molecule has 0 saturated heterocycles. The molecule has 18 heavy (non-hydrogen) atoms. The van der Waals surface area contributed by atoms with Crippen molar-refractivity contribution in [3.63, 3.8) is 0 Å². The molecule has 5 heteroatoms. The number of rotatable bonds is 2. The van der Waals surface area contributed by atoms with Crippen LogP contribution in [0.25, 0.3) is 0 Å². The van der Waals surface area contributed by atoms with Gasteiger partial charge in [-0.3, -0.25) is 0 Å². The quantitative estimate of drug-likeness (QED) is 0.799. The maximum atomic E-state index is 13.4. The van der Waals surface area contributed by atoms with E-state index >= 15 is 0 Å². The number of halogens is 2. The van der Waals surface area contributed by atoms with Gasteiger partial charge in [0.25, 0.3) is 0 Å². The molecular weight excluding hydrogens is 236 g/mol. The summed E-state index contributed by atoms with van der Waals surface area (Å²) in [6, 6.07) is 9.75. The highest BCUT2D eigenvalue weighted by molar-refractivity contribution is 5.69. The third-order valence-corrected chi connectivity index (χ3v) is 2.36. The summed E-state index contributed by atoms with van der Waals surface area (Å²) in [5.74, 6) is -1.38. The lowest BCUT2D eigenvalue weighted by molar-refractivity contribution is 0.586. The van der Waals surface area contributed by atoms with Crippen LogP contribution in [0.4, 0.5) is 25.8 Å². The molecule has 0 heterocycles. The Balaban J connectivity index is 2.37. The Morgan fingerprint density at radius 2 is 1.78 bits per heavy atom. The molecule has 0 bridgehead atoms. The Hall–Kier alpha value is -2.61. The summed E-state index contributed by atoms with van der Waals surface area (Å²) in [4.78, 5) is 0. The number of hydrogen-bond acceptors (Lipinski definition) is 3. The molecule has 0 unspecified atom stereocenters. The molecule has 0 atom stereocenters. The molecule has 0 radical (unpaired) electrons. The fraction of sp³-hybridized carbons (Fsp3) is 0. The summed E-state index contributed by atoms with van der Waals surface area (Å²) < 4.78 is 26.2. The Labute approximate surface area is 102 Å². The lowest BCUT2D eigenvalue weighted by Crippen LogP contribution is -1.98. The van der Waals surface area contributed by atoms with E-state index in [9.17, 15) is 8.78 Å². The summed E-state index contributed by atoms with van der Waals surface area (Å²) in [6.45, 7) is 0. The third-order valence-electron chi connectivity index (χ3n) is 2.36. The van der Waals surface area contributed by atoms with Crippen LogP contribution in [0.1, 0.15) is 5.56 Å². The molecule has 0 aromatic heterocycles. The zero-order valence-electron chi connectivity index (χ0n) is 9.24. The standard InChI is InChI=1S/C13H9F2N3/c14-9-1-3-13(11(15)6-9)18-12-4-2-10(17)5-8(12)7-16/h1-6,18H,17H2. The van der Waals surface area contributed by atoms with Crippen molar-refractivity contribution in [3.05, 3.63) is 53.6 Å². The second kappa shape index (κ2) is 4.72. The molecule has 0 fully saturated rings. The van der Waals surface area contributed by atoms with Gasteiger partial charge in [0, 0.05) is 11.8 Å². The van der Waals surface area contributed by atoms with Crippen molar-refractivity contribution in [2.24, 2.45) is 0 Å². The topological polar surface area (TPSA) is 61.8 Å². The van der Waals surface area contributed by atoms with Gasteiger partial charge in [-0.2, -0.15) is 5.26 Å². The van der Waals surface area contributed by atoms with E-state index in [1.807, 2.05) is 6.07 Å². The fourth-order valence-electron chi connectivity index (χ4n) is 1.50. The van der Waals surface area contributed by atoms with E-state index in [1.54, 1.807) is 12.1 Å². The van der Waals surface area contributed by atoms with Crippen molar-refractivity contribution in [1.29, 1.82) is 5.26 Å². The number of nitrogens with zero attached hydrogens (tertiary/aromatic N) is 1. The fourth-order valence-corrected chi connectivity index (χ4v) is 1.50. The molecule has 0 saturated carbocycles. The highest BCUT2D eigenvalue weighted by atomic mass is 19.1. The summed E-state index contributed by atoms with van der Waals surface area (Å²) in [7, 11) is 0. The van der Waals surface area contributed by atoms with Crippen molar-refractivity contribution in [2.45, 2.75) is 0 Å². The molecule has 3 nitrogen and oxygen atoms in total. The van der Waals surface area contributed by atoms with Crippen LogP contribution in [0.2, 0.25) is 0 Å². The zero-order valence-corrected chi connectivity index (χ0v) is 9.24. The van der Waals surface area contributed by atoms with Gasteiger partial charge in [-0.1, -0.05) is 0 Å². The van der Waals surface area contributed by atoms with Gasteiger partial charge in [0.1, 0.15) is 17.7 Å². The summed E-state index contributed by atoms with van der Waals surface area (Å²) in [6.07, 6.45) is 0. The molecular formula is C13H9F2N3. The Kier molecular flexibility index (Phi) is 3.11. The first-order chi connectivity index (χ1) is 8.60. The molecule has 0 aliphatic rings. The van der Waals surface area contributed by atoms with Gasteiger partial charge in [0.05, 0.1) is 16.9 Å². The average molecular weight is 245 g/mol. The molecule has 3 N–H and O–H groups in total. The first-order valence-corrected chi connectivity index (χ1v) is 5.12. The van der Waals surface area contributed by atoms with Gasteiger partial charge in [0.15, 0.2) is 0 Å². The lowest BCUT2D eigenvalue weighted by Gasteiger charge is -2.09. The molecule has 0 aliphatic carbocycles. The number of nitriles is 1. The first-order valence-electron chi connectivity index (χ1n) is 5.12. The second-order valence-electron chi connectivity index (χ2n) is 3.67. The van der Waals surface area contributed by atoms with Crippen molar-refractivity contribution < 1.29 is 8.78 Å². The number of nitrogen functional groups attached to an aromatic ring is 1. The number of nitrogens with one attached hydrogen (secondary N) is 1. The van der Waals surface area contributed by atoms with Gasteiger partial charge < -0.3 is 11.1 Å². The summed E-state index contributed by atoms with van der Waals surface area (Å²) in [5, 5.41) is 11.7. The number of hydrogen-bond donors (Lipinski definition) is 2. The van der Waals surface area contributed by atoms with Crippen LogP contribution in [0.15, 0.2) is 36.4 Å². The molecule has 2 aromatic carbocycles. The predicted molar refractivity (Wildman–Crippen MR) is 65.2 cm³/mol. The van der Waals surface area contributed by atoms with Crippen molar-refractivity contribution in [3.8, 4) is 6.07 Å². The SMILES string of the molecule is N#Cc1cc(N)ccc1Nc1ccc(F)cc1F. The van der Waals surface area contributed by atoms with Crippen LogP contribution in [0, 0.1) is 23.0 Å². The molecule has 2 aromatic rings. The van der Waals surface area contributed by atoms with Gasteiger partial charge >= 0.3 is 0 Å². The second-order valence-corrected chi connectivity index (χ2v) is 3.67.